The molecule has 1 nitrogen and oxygen atoms in total. The lowest BCUT2D eigenvalue weighted by molar-refractivity contribution is 1.33. The molecule has 1 aromatic heterocycles. The van der Waals surface area contributed by atoms with Crippen LogP contribution < -0.4 is 5.32 Å². The van der Waals surface area contributed by atoms with Gasteiger partial charge in [-0.3, -0.25) is 0 Å². The number of rotatable bonds is 2. The van der Waals surface area contributed by atoms with Gasteiger partial charge in [-0.2, -0.15) is 0 Å². The van der Waals surface area contributed by atoms with Gasteiger partial charge < -0.3 is 4.98 Å². The predicted octanol–water partition coefficient (Wildman–Crippen LogP) is 0.279. The summed E-state index contributed by atoms with van der Waals surface area (Å²) in [6.45, 7) is 2.15. The van der Waals surface area contributed by atoms with Crippen LogP contribution >= 0.6 is 0 Å². The second-order valence-electron chi connectivity index (χ2n) is 1.95. The number of nitrogens with one attached hydrogen (secondary N) is 1. The first-order valence-electron chi connectivity index (χ1n) is 2.90. The number of H-pyrrole nitrogens is 1. The van der Waals surface area contributed by atoms with Crippen molar-refractivity contribution < 1.29 is 0 Å². The van der Waals surface area contributed by atoms with Gasteiger partial charge >= 0.3 is 0 Å². The average molecular weight is 150 g/mol. The van der Waals surface area contributed by atoms with Crippen LogP contribution in [0.1, 0.15) is 6.92 Å². The highest BCUT2D eigenvalue weighted by Gasteiger charge is 1.97. The molecule has 0 aliphatic rings. The number of aromatic amines is 1. The molecule has 0 amide bonds. The maximum atomic E-state index is 3.53. The molecule has 9 heavy (non-hydrogen) atoms. The van der Waals surface area contributed by atoms with Crippen LogP contribution in [0.3, 0.4) is 0 Å². The molecular formula is C6H8NSi2. The van der Waals surface area contributed by atoms with Crippen molar-refractivity contribution in [2.45, 2.75) is 12.1 Å². The third kappa shape index (κ3) is 2.19. The summed E-state index contributed by atoms with van der Waals surface area (Å²) in [5, 5.41) is 1.90. The zero-order chi connectivity index (χ0) is 6.69. The molecule has 45 valence electrons. The third-order valence-corrected chi connectivity index (χ3v) is 2.46. The molecule has 1 heterocycles. The Hall–Kier alpha value is -0.286. The topological polar surface area (TPSA) is 15.8 Å². The molecule has 1 aromatic rings. The molecule has 0 saturated heterocycles. The van der Waals surface area contributed by atoms with Crippen LogP contribution in [0, 0.1) is 0 Å². The lowest BCUT2D eigenvalue weighted by Gasteiger charge is -1.97. The van der Waals surface area contributed by atoms with Gasteiger partial charge in [-0.15, -0.1) is 0 Å². The van der Waals surface area contributed by atoms with Crippen molar-refractivity contribution in [3.63, 3.8) is 0 Å². The van der Waals surface area contributed by atoms with Crippen molar-refractivity contribution in [1.82, 2.24) is 4.98 Å². The summed E-state index contributed by atoms with van der Waals surface area (Å²) in [5.41, 5.74) is 0. The summed E-state index contributed by atoms with van der Waals surface area (Å²) >= 11 is 0. The zero-order valence-electron chi connectivity index (χ0n) is 5.31. The van der Waals surface area contributed by atoms with Crippen LogP contribution in [0.25, 0.3) is 0 Å². The summed E-state index contributed by atoms with van der Waals surface area (Å²) < 4.78 is 0. The molecule has 1 rings (SSSR count). The van der Waals surface area contributed by atoms with Crippen molar-refractivity contribution >= 4 is 25.1 Å². The Morgan fingerprint density at radius 3 is 3.00 bits per heavy atom. The minimum atomic E-state index is 0.587. The fraction of sp³-hybridized carbons (Fsp3) is 0.333. The van der Waals surface area contributed by atoms with E-state index in [1.807, 2.05) is 12.3 Å². The van der Waals surface area contributed by atoms with Gasteiger partial charge in [-0.05, 0) is 17.4 Å². The fourth-order valence-electron chi connectivity index (χ4n) is 0.653. The van der Waals surface area contributed by atoms with Crippen LogP contribution in [0.2, 0.25) is 5.16 Å². The van der Waals surface area contributed by atoms with E-state index in [1.54, 1.807) is 0 Å². The largest absolute Gasteiger partial charge is 0.369 e. The molecule has 1 unspecified atom stereocenters. The molecule has 0 bridgehead atoms. The van der Waals surface area contributed by atoms with Gasteiger partial charge in [0.15, 0.2) is 0 Å². The molecule has 1 N–H and O–H groups in total. The molecular weight excluding hydrogens is 142 g/mol. The minimum absolute atomic E-state index is 0.587. The zero-order valence-corrected chi connectivity index (χ0v) is 7.31. The Morgan fingerprint density at radius 1 is 1.78 bits per heavy atom. The van der Waals surface area contributed by atoms with Crippen LogP contribution in [0.5, 0.6) is 0 Å². The lowest BCUT2D eigenvalue weighted by atomic mass is 10.7. The molecule has 0 aliphatic carbocycles. The van der Waals surface area contributed by atoms with Gasteiger partial charge in [0.2, 0.25) is 0 Å². The number of hydrogen-bond donors (Lipinski definition) is 1. The van der Waals surface area contributed by atoms with Gasteiger partial charge in [0, 0.05) is 16.4 Å². The van der Waals surface area contributed by atoms with E-state index in [4.69, 9.17) is 0 Å². The van der Waals surface area contributed by atoms with Crippen LogP contribution in [-0.4, -0.2) is 24.7 Å². The second-order valence-corrected chi connectivity index (χ2v) is 5.09. The maximum Gasteiger partial charge on any atom is 0.104 e. The van der Waals surface area contributed by atoms with E-state index in [1.165, 1.54) is 5.32 Å². The van der Waals surface area contributed by atoms with Gasteiger partial charge in [-0.25, -0.2) is 0 Å². The Labute approximate surface area is 61.1 Å². The van der Waals surface area contributed by atoms with Gasteiger partial charge in [0.05, 0.1) is 0 Å². The van der Waals surface area contributed by atoms with Crippen molar-refractivity contribution in [2.24, 2.45) is 0 Å². The molecule has 0 fully saturated rings. The summed E-state index contributed by atoms with van der Waals surface area (Å²) in [6, 6.07) is 4.13. The molecule has 0 saturated carbocycles. The van der Waals surface area contributed by atoms with Crippen molar-refractivity contribution in [1.29, 1.82) is 0 Å². The highest BCUT2D eigenvalue weighted by molar-refractivity contribution is 6.61. The van der Waals surface area contributed by atoms with Crippen LogP contribution in [-0.2, 0) is 0 Å². The number of hydrogen-bond acceptors (Lipinski definition) is 0. The SMILES string of the molecule is CC([Si])[Si]c1ccc[nH]1. The standard InChI is InChI=1S/C6H8NSi2/c1-5(8)9-6-3-2-4-7-6/h2-5,7H,1H3. The van der Waals surface area contributed by atoms with E-state index >= 15 is 0 Å². The normalized spacial score (nSPS) is 13.6. The first-order valence-corrected chi connectivity index (χ1v) is 4.55. The molecule has 5 radical (unpaired) electrons. The van der Waals surface area contributed by atoms with Crippen molar-refractivity contribution in [3.05, 3.63) is 18.3 Å². The highest BCUT2D eigenvalue weighted by Crippen LogP contribution is 1.89. The second kappa shape index (κ2) is 3.03. The molecule has 0 aliphatic heterocycles. The van der Waals surface area contributed by atoms with E-state index in [0.717, 1.165) is 9.52 Å². The lowest BCUT2D eigenvalue weighted by Crippen LogP contribution is -2.18. The van der Waals surface area contributed by atoms with E-state index in [9.17, 15) is 0 Å². The van der Waals surface area contributed by atoms with Gasteiger partial charge in [-0.1, -0.05) is 12.1 Å². The first-order chi connectivity index (χ1) is 4.29. The summed E-state index contributed by atoms with van der Waals surface area (Å²) in [7, 11) is 4.38. The average Bonchev–Trinajstić information content (AvgIpc) is 2.15. The van der Waals surface area contributed by atoms with Crippen molar-refractivity contribution in [3.8, 4) is 0 Å². The Morgan fingerprint density at radius 2 is 2.56 bits per heavy atom. The van der Waals surface area contributed by atoms with E-state index in [-0.39, 0.29) is 0 Å². The summed E-state index contributed by atoms with van der Waals surface area (Å²) in [6.07, 6.45) is 1.96. The van der Waals surface area contributed by atoms with Crippen LogP contribution in [0.15, 0.2) is 18.3 Å². The van der Waals surface area contributed by atoms with E-state index in [0.29, 0.717) is 5.16 Å². The molecule has 3 heteroatoms. The van der Waals surface area contributed by atoms with E-state index in [2.05, 4.69) is 28.2 Å². The molecule has 0 aromatic carbocycles. The molecule has 0 spiro atoms. The summed E-state index contributed by atoms with van der Waals surface area (Å²) in [4.78, 5) is 3.15. The fourth-order valence-corrected chi connectivity index (χ4v) is 1.95. The number of aromatic nitrogens is 1. The third-order valence-electron chi connectivity index (χ3n) is 0.970. The molecule has 1 atom stereocenters. The Balaban J connectivity index is 2.48. The van der Waals surface area contributed by atoms with Crippen molar-refractivity contribution in [2.75, 3.05) is 0 Å². The van der Waals surface area contributed by atoms with Gasteiger partial charge in [0.25, 0.3) is 0 Å². The quantitative estimate of drug-likeness (QED) is 0.583. The maximum absolute atomic E-state index is 3.53. The predicted molar refractivity (Wildman–Crippen MR) is 41.4 cm³/mol. The van der Waals surface area contributed by atoms with Crippen LogP contribution in [0.4, 0.5) is 0 Å². The first kappa shape index (κ1) is 6.83. The van der Waals surface area contributed by atoms with E-state index < -0.39 is 0 Å². The monoisotopic (exact) mass is 150 g/mol. The highest BCUT2D eigenvalue weighted by atomic mass is 28.2. The minimum Gasteiger partial charge on any atom is -0.369 e. The Kier molecular flexibility index (Phi) is 2.30. The summed E-state index contributed by atoms with van der Waals surface area (Å²) in [5.74, 6) is 0. The Bertz CT molecular complexity index is 158. The smallest absolute Gasteiger partial charge is 0.104 e. The van der Waals surface area contributed by atoms with Gasteiger partial charge in [0.1, 0.15) is 9.52 Å².